The maximum Gasteiger partial charge on any atom is 0.269 e. The van der Waals surface area contributed by atoms with Gasteiger partial charge in [-0.05, 0) is 0 Å². The molecule has 0 saturated heterocycles. The molecular formula is C5H2Cl4N2O. The van der Waals surface area contributed by atoms with Gasteiger partial charge in [-0.2, -0.15) is 0 Å². The van der Waals surface area contributed by atoms with E-state index < -0.39 is 9.35 Å². The third-order valence-corrected chi connectivity index (χ3v) is 1.83. The van der Waals surface area contributed by atoms with Crippen LogP contribution in [0.2, 0.25) is 5.02 Å². The third-order valence-electron chi connectivity index (χ3n) is 1.02. The van der Waals surface area contributed by atoms with Gasteiger partial charge in [0.05, 0.1) is 6.20 Å². The van der Waals surface area contributed by atoms with E-state index in [0.717, 1.165) is 6.20 Å². The van der Waals surface area contributed by atoms with Crippen molar-refractivity contribution in [2.45, 2.75) is 3.79 Å². The zero-order valence-electron chi connectivity index (χ0n) is 5.44. The number of halogens is 4. The predicted molar refractivity (Wildman–Crippen MR) is 49.1 cm³/mol. The van der Waals surface area contributed by atoms with Crippen molar-refractivity contribution in [3.8, 4) is 0 Å². The molecule has 0 radical (unpaired) electrons. The lowest BCUT2D eigenvalue weighted by Crippen LogP contribution is -2.16. The number of hydrogen-bond donors (Lipinski definition) is 1. The van der Waals surface area contributed by atoms with Crippen molar-refractivity contribution in [2.24, 2.45) is 0 Å². The Bertz CT molecular complexity index is 342. The summed E-state index contributed by atoms with van der Waals surface area (Å²) in [5.41, 5.74) is -0.534. The van der Waals surface area contributed by atoms with Crippen LogP contribution in [-0.4, -0.2) is 9.97 Å². The van der Waals surface area contributed by atoms with Crippen LogP contribution in [0.15, 0.2) is 11.0 Å². The minimum absolute atomic E-state index is 0.0481. The molecule has 12 heavy (non-hydrogen) atoms. The Morgan fingerprint density at radius 2 is 2.00 bits per heavy atom. The van der Waals surface area contributed by atoms with Gasteiger partial charge in [0, 0.05) is 0 Å². The Hall–Kier alpha value is 0.0400. The molecule has 3 nitrogen and oxygen atoms in total. The van der Waals surface area contributed by atoms with Crippen molar-refractivity contribution in [3.05, 3.63) is 27.4 Å². The second-order valence-electron chi connectivity index (χ2n) is 1.91. The van der Waals surface area contributed by atoms with E-state index >= 15 is 0 Å². The molecule has 0 aromatic carbocycles. The molecule has 1 N–H and O–H groups in total. The second-order valence-corrected chi connectivity index (χ2v) is 4.60. The van der Waals surface area contributed by atoms with Gasteiger partial charge in [-0.3, -0.25) is 4.79 Å². The highest BCUT2D eigenvalue weighted by Crippen LogP contribution is 2.34. The van der Waals surface area contributed by atoms with E-state index in [1.165, 1.54) is 0 Å². The first-order valence-electron chi connectivity index (χ1n) is 2.73. The smallest absolute Gasteiger partial charge is 0.269 e. The number of H-pyrrole nitrogens is 1. The van der Waals surface area contributed by atoms with Crippen molar-refractivity contribution in [1.29, 1.82) is 0 Å². The average Bonchev–Trinajstić information content (AvgIpc) is 1.92. The highest BCUT2D eigenvalue weighted by molar-refractivity contribution is 6.66. The molecular weight excluding hydrogens is 246 g/mol. The summed E-state index contributed by atoms with van der Waals surface area (Å²) < 4.78 is -1.73. The molecule has 0 amide bonds. The van der Waals surface area contributed by atoms with Crippen LogP contribution in [0.5, 0.6) is 0 Å². The average molecular weight is 248 g/mol. The van der Waals surface area contributed by atoms with Crippen LogP contribution in [0.1, 0.15) is 5.82 Å². The summed E-state index contributed by atoms with van der Waals surface area (Å²) >= 11 is 21.7. The zero-order valence-corrected chi connectivity index (χ0v) is 8.47. The van der Waals surface area contributed by atoms with Gasteiger partial charge in [-0.1, -0.05) is 46.4 Å². The summed E-state index contributed by atoms with van der Waals surface area (Å²) in [6.45, 7) is 0. The molecule has 0 fully saturated rings. The molecule has 0 spiro atoms. The van der Waals surface area contributed by atoms with Crippen LogP contribution in [0.25, 0.3) is 0 Å². The Kier molecular flexibility index (Phi) is 2.88. The van der Waals surface area contributed by atoms with Gasteiger partial charge in [0.15, 0.2) is 5.82 Å². The zero-order chi connectivity index (χ0) is 9.35. The Morgan fingerprint density at radius 3 is 2.42 bits per heavy atom. The quantitative estimate of drug-likeness (QED) is 0.715. The van der Waals surface area contributed by atoms with E-state index in [2.05, 4.69) is 9.97 Å². The van der Waals surface area contributed by atoms with Crippen molar-refractivity contribution in [1.82, 2.24) is 9.97 Å². The first-order chi connectivity index (χ1) is 5.41. The van der Waals surface area contributed by atoms with Crippen LogP contribution >= 0.6 is 46.4 Å². The summed E-state index contributed by atoms with van der Waals surface area (Å²) in [6.07, 6.45) is 1.12. The second kappa shape index (κ2) is 3.42. The van der Waals surface area contributed by atoms with Crippen molar-refractivity contribution in [3.63, 3.8) is 0 Å². The normalized spacial score (nSPS) is 11.7. The largest absolute Gasteiger partial charge is 0.306 e. The van der Waals surface area contributed by atoms with Crippen molar-refractivity contribution in [2.75, 3.05) is 0 Å². The first kappa shape index (κ1) is 10.1. The molecule has 0 unspecified atom stereocenters. The van der Waals surface area contributed by atoms with Crippen LogP contribution in [-0.2, 0) is 3.79 Å². The SMILES string of the molecule is O=c1[nH]c(C(Cl)(Cl)Cl)ncc1Cl. The monoisotopic (exact) mass is 246 g/mol. The molecule has 0 bridgehead atoms. The van der Waals surface area contributed by atoms with E-state index in [1.807, 2.05) is 0 Å². The van der Waals surface area contributed by atoms with Crippen LogP contribution in [0.3, 0.4) is 0 Å². The first-order valence-corrected chi connectivity index (χ1v) is 4.24. The number of hydrogen-bond acceptors (Lipinski definition) is 2. The van der Waals surface area contributed by atoms with Crippen molar-refractivity contribution >= 4 is 46.4 Å². The summed E-state index contributed by atoms with van der Waals surface area (Å²) in [7, 11) is 0. The fraction of sp³-hybridized carbons (Fsp3) is 0.200. The van der Waals surface area contributed by atoms with E-state index in [-0.39, 0.29) is 10.8 Å². The number of aromatic amines is 1. The van der Waals surface area contributed by atoms with Gasteiger partial charge >= 0.3 is 0 Å². The maximum absolute atomic E-state index is 10.9. The molecule has 7 heteroatoms. The molecule has 1 rings (SSSR count). The standard InChI is InChI=1S/C5H2Cl4N2O/c6-2-1-10-4(5(7,8)9)11-3(2)12/h1H,(H,10,11,12). The Morgan fingerprint density at radius 1 is 1.42 bits per heavy atom. The van der Waals surface area contributed by atoms with Gasteiger partial charge in [-0.15, -0.1) is 0 Å². The Labute approximate surface area is 87.6 Å². The Balaban J connectivity index is 3.23. The maximum atomic E-state index is 10.9. The lowest BCUT2D eigenvalue weighted by Gasteiger charge is -2.08. The minimum Gasteiger partial charge on any atom is -0.306 e. The fourth-order valence-electron chi connectivity index (χ4n) is 0.523. The third kappa shape index (κ3) is 2.26. The van der Waals surface area contributed by atoms with E-state index in [1.54, 1.807) is 0 Å². The van der Waals surface area contributed by atoms with Crippen LogP contribution in [0, 0.1) is 0 Å². The molecule has 0 saturated carbocycles. The number of nitrogens with zero attached hydrogens (tertiary/aromatic N) is 1. The lowest BCUT2D eigenvalue weighted by atomic mass is 10.6. The molecule has 1 aromatic rings. The minimum atomic E-state index is -1.73. The highest BCUT2D eigenvalue weighted by atomic mass is 35.6. The van der Waals surface area contributed by atoms with Gasteiger partial charge in [0.1, 0.15) is 5.02 Å². The van der Waals surface area contributed by atoms with Crippen molar-refractivity contribution < 1.29 is 0 Å². The van der Waals surface area contributed by atoms with Gasteiger partial charge in [0.2, 0.25) is 3.79 Å². The van der Waals surface area contributed by atoms with Crippen LogP contribution in [0.4, 0.5) is 0 Å². The molecule has 0 atom stereocenters. The lowest BCUT2D eigenvalue weighted by molar-refractivity contribution is 0.946. The van der Waals surface area contributed by atoms with Gasteiger partial charge < -0.3 is 4.98 Å². The number of nitrogens with one attached hydrogen (secondary N) is 1. The topological polar surface area (TPSA) is 45.8 Å². The molecule has 0 aliphatic heterocycles. The summed E-state index contributed by atoms with van der Waals surface area (Å²) in [5, 5.41) is -0.0481. The van der Waals surface area contributed by atoms with E-state index in [0.29, 0.717) is 0 Å². The number of rotatable bonds is 0. The summed E-state index contributed by atoms with van der Waals surface area (Å²) in [5.74, 6) is -0.0538. The summed E-state index contributed by atoms with van der Waals surface area (Å²) in [4.78, 5) is 16.7. The predicted octanol–water partition coefficient (Wildman–Crippen LogP) is 2.25. The molecule has 1 heterocycles. The van der Waals surface area contributed by atoms with Gasteiger partial charge in [-0.25, -0.2) is 4.98 Å². The molecule has 1 aromatic heterocycles. The fourth-order valence-corrected chi connectivity index (χ4v) is 0.908. The highest BCUT2D eigenvalue weighted by Gasteiger charge is 2.25. The van der Waals surface area contributed by atoms with E-state index in [9.17, 15) is 4.79 Å². The van der Waals surface area contributed by atoms with Crippen LogP contribution < -0.4 is 5.56 Å². The summed E-state index contributed by atoms with van der Waals surface area (Å²) in [6, 6.07) is 0. The van der Waals surface area contributed by atoms with E-state index in [4.69, 9.17) is 46.4 Å². The molecule has 0 aliphatic carbocycles. The number of aromatic nitrogens is 2. The number of alkyl halides is 3. The molecule has 66 valence electrons. The molecule has 0 aliphatic rings. The van der Waals surface area contributed by atoms with Gasteiger partial charge in [0.25, 0.3) is 5.56 Å².